The Morgan fingerprint density at radius 1 is 1.06 bits per heavy atom. The molecule has 2 aliphatic rings. The van der Waals surface area contributed by atoms with E-state index >= 15 is 0 Å². The van der Waals surface area contributed by atoms with Crippen LogP contribution >= 0.6 is 0 Å². The first-order chi connectivity index (χ1) is 16.1. The average molecular weight is 456 g/mol. The monoisotopic (exact) mass is 455 g/mol. The SMILES string of the molecule is CC.Cc1cccc(C=N)c1.Nc1cc(N2CCOCC2)cc(OCCN2CCCCC2)n1. The number of benzene rings is 1. The number of rotatable bonds is 6. The Kier molecular flexibility index (Phi) is 12.3. The highest BCUT2D eigenvalue weighted by atomic mass is 16.5. The molecule has 0 spiro atoms. The summed E-state index contributed by atoms with van der Waals surface area (Å²) < 4.78 is 11.2. The minimum Gasteiger partial charge on any atom is -0.476 e. The number of hydrogen-bond acceptors (Lipinski definition) is 7. The van der Waals surface area contributed by atoms with Gasteiger partial charge in [-0.1, -0.05) is 50.1 Å². The predicted molar refractivity (Wildman–Crippen MR) is 138 cm³/mol. The molecule has 0 aliphatic carbocycles. The smallest absolute Gasteiger partial charge is 0.217 e. The quantitative estimate of drug-likeness (QED) is 0.629. The lowest BCUT2D eigenvalue weighted by Crippen LogP contribution is -2.36. The van der Waals surface area contributed by atoms with Crippen molar-refractivity contribution in [3.8, 4) is 5.88 Å². The highest BCUT2D eigenvalue weighted by Crippen LogP contribution is 2.23. The topological polar surface area (TPSA) is 87.7 Å². The molecule has 2 aliphatic heterocycles. The molecule has 4 rings (SSSR count). The highest BCUT2D eigenvalue weighted by Gasteiger charge is 2.14. The number of ether oxygens (including phenoxy) is 2. The molecule has 0 unspecified atom stereocenters. The molecule has 1 aromatic carbocycles. The average Bonchev–Trinajstić information content (AvgIpc) is 2.86. The van der Waals surface area contributed by atoms with E-state index in [1.54, 1.807) is 0 Å². The van der Waals surface area contributed by atoms with E-state index in [-0.39, 0.29) is 0 Å². The molecule has 1 aromatic heterocycles. The van der Waals surface area contributed by atoms with Crippen LogP contribution in [0.25, 0.3) is 0 Å². The molecule has 7 nitrogen and oxygen atoms in total. The van der Waals surface area contributed by atoms with E-state index in [0.717, 1.165) is 44.1 Å². The Labute approximate surface area is 199 Å². The van der Waals surface area contributed by atoms with Crippen molar-refractivity contribution >= 4 is 17.7 Å². The molecule has 2 saturated heterocycles. The third-order valence-corrected chi connectivity index (χ3v) is 5.50. The zero-order chi connectivity index (χ0) is 23.9. The summed E-state index contributed by atoms with van der Waals surface area (Å²) in [7, 11) is 0. The minimum absolute atomic E-state index is 0.511. The van der Waals surface area contributed by atoms with Crippen LogP contribution in [0.1, 0.15) is 44.2 Å². The zero-order valence-corrected chi connectivity index (χ0v) is 20.6. The van der Waals surface area contributed by atoms with Crippen molar-refractivity contribution in [2.75, 3.05) is 63.2 Å². The maximum absolute atomic E-state index is 6.92. The van der Waals surface area contributed by atoms with Gasteiger partial charge < -0.3 is 25.5 Å². The Morgan fingerprint density at radius 3 is 2.42 bits per heavy atom. The Balaban J connectivity index is 0.000000293. The van der Waals surface area contributed by atoms with Crippen molar-refractivity contribution in [3.63, 3.8) is 0 Å². The van der Waals surface area contributed by atoms with Crippen molar-refractivity contribution in [2.24, 2.45) is 0 Å². The third kappa shape index (κ3) is 9.80. The van der Waals surface area contributed by atoms with E-state index in [4.69, 9.17) is 20.6 Å². The summed E-state index contributed by atoms with van der Waals surface area (Å²) in [6, 6.07) is 11.8. The van der Waals surface area contributed by atoms with Crippen LogP contribution in [0.15, 0.2) is 36.4 Å². The molecule has 0 radical (unpaired) electrons. The molecule has 2 aromatic rings. The molecule has 2 fully saturated rings. The van der Waals surface area contributed by atoms with E-state index in [1.165, 1.54) is 44.1 Å². The van der Waals surface area contributed by atoms with E-state index in [9.17, 15) is 0 Å². The van der Waals surface area contributed by atoms with Gasteiger partial charge in [0.15, 0.2) is 0 Å². The fourth-order valence-corrected chi connectivity index (χ4v) is 3.81. The second-order valence-electron chi connectivity index (χ2n) is 8.00. The van der Waals surface area contributed by atoms with Gasteiger partial charge in [-0.25, -0.2) is 0 Å². The standard InChI is InChI=1S/C16H26N4O2.C8H9N.C2H6/c17-15-12-14(20-7-9-21-10-8-20)13-16(18-15)22-11-6-19-4-2-1-3-5-19;1-7-3-2-4-8(5-7)6-9;1-2/h12-13H,1-11H2,(H2,17,18);2-6,9H,1H3;1-2H3. The summed E-state index contributed by atoms with van der Waals surface area (Å²) >= 11 is 0. The summed E-state index contributed by atoms with van der Waals surface area (Å²) in [5.41, 5.74) is 9.17. The lowest BCUT2D eigenvalue weighted by molar-refractivity contribution is 0.122. The number of pyridine rings is 1. The number of aromatic nitrogens is 1. The normalized spacial score (nSPS) is 16.0. The van der Waals surface area contributed by atoms with Crippen LogP contribution in [-0.4, -0.2) is 68.6 Å². The number of nitrogens with zero attached hydrogens (tertiary/aromatic N) is 3. The fourth-order valence-electron chi connectivity index (χ4n) is 3.81. The summed E-state index contributed by atoms with van der Waals surface area (Å²) in [4.78, 5) is 9.01. The summed E-state index contributed by atoms with van der Waals surface area (Å²) in [6.45, 7) is 13.3. The van der Waals surface area contributed by atoms with Crippen molar-refractivity contribution in [1.29, 1.82) is 5.41 Å². The molecule has 0 bridgehead atoms. The highest BCUT2D eigenvalue weighted by molar-refractivity contribution is 5.76. The second-order valence-corrected chi connectivity index (χ2v) is 8.00. The maximum Gasteiger partial charge on any atom is 0.217 e. The first-order valence-corrected chi connectivity index (χ1v) is 12.2. The Hall–Kier alpha value is -2.64. The van der Waals surface area contributed by atoms with Crippen molar-refractivity contribution < 1.29 is 9.47 Å². The van der Waals surface area contributed by atoms with Gasteiger partial charge in [-0.3, -0.25) is 4.90 Å². The third-order valence-electron chi connectivity index (χ3n) is 5.50. The molecular formula is C26H41N5O2. The number of nitrogens with one attached hydrogen (secondary N) is 1. The number of nitrogens with two attached hydrogens (primary N) is 1. The lowest BCUT2D eigenvalue weighted by atomic mass is 10.1. The second kappa shape index (κ2) is 15.2. The van der Waals surface area contributed by atoms with E-state index in [0.29, 0.717) is 18.3 Å². The molecule has 7 heteroatoms. The van der Waals surface area contributed by atoms with Gasteiger partial charge >= 0.3 is 0 Å². The number of hydrogen-bond donors (Lipinski definition) is 2. The number of anilines is 2. The Bertz CT molecular complexity index is 818. The number of nitrogen functional groups attached to an aromatic ring is 1. The lowest BCUT2D eigenvalue weighted by Gasteiger charge is -2.29. The summed E-state index contributed by atoms with van der Waals surface area (Å²) in [5.74, 6) is 1.13. The van der Waals surface area contributed by atoms with Gasteiger partial charge in [0.2, 0.25) is 5.88 Å². The first kappa shape index (κ1) is 26.6. The molecule has 0 saturated carbocycles. The van der Waals surface area contributed by atoms with Gasteiger partial charge in [-0.05, 0) is 38.4 Å². The molecule has 0 atom stereocenters. The van der Waals surface area contributed by atoms with Gasteiger partial charge in [-0.15, -0.1) is 0 Å². The molecule has 3 N–H and O–H groups in total. The number of piperidine rings is 1. The van der Waals surface area contributed by atoms with Crippen molar-refractivity contribution in [2.45, 2.75) is 40.0 Å². The Morgan fingerprint density at radius 2 is 1.79 bits per heavy atom. The van der Waals surface area contributed by atoms with Crippen LogP contribution < -0.4 is 15.4 Å². The van der Waals surface area contributed by atoms with Gasteiger partial charge in [0, 0.05) is 43.7 Å². The fraction of sp³-hybridized carbons (Fsp3) is 0.538. The van der Waals surface area contributed by atoms with Crippen LogP contribution in [0.4, 0.5) is 11.5 Å². The van der Waals surface area contributed by atoms with Gasteiger partial charge in [0.05, 0.1) is 13.2 Å². The van der Waals surface area contributed by atoms with E-state index < -0.39 is 0 Å². The molecule has 182 valence electrons. The number of morpholine rings is 1. The zero-order valence-electron chi connectivity index (χ0n) is 20.6. The van der Waals surface area contributed by atoms with E-state index in [2.05, 4.69) is 14.8 Å². The van der Waals surface area contributed by atoms with Crippen LogP contribution in [0.3, 0.4) is 0 Å². The van der Waals surface area contributed by atoms with Crippen LogP contribution in [0, 0.1) is 12.3 Å². The minimum atomic E-state index is 0.511. The predicted octanol–water partition coefficient (Wildman–Crippen LogP) is 4.38. The molecule has 0 amide bonds. The molecule has 33 heavy (non-hydrogen) atoms. The van der Waals surface area contributed by atoms with Crippen molar-refractivity contribution in [1.82, 2.24) is 9.88 Å². The van der Waals surface area contributed by atoms with Crippen LogP contribution in [-0.2, 0) is 4.74 Å². The van der Waals surface area contributed by atoms with Gasteiger partial charge in [0.1, 0.15) is 12.4 Å². The van der Waals surface area contributed by atoms with Crippen LogP contribution in [0.2, 0.25) is 0 Å². The van der Waals surface area contributed by atoms with Gasteiger partial charge in [0.25, 0.3) is 0 Å². The maximum atomic E-state index is 6.92. The molecule has 3 heterocycles. The number of likely N-dealkylation sites (tertiary alicyclic amines) is 1. The largest absolute Gasteiger partial charge is 0.476 e. The number of aryl methyl sites for hydroxylation is 1. The van der Waals surface area contributed by atoms with Crippen LogP contribution in [0.5, 0.6) is 5.88 Å². The molecular weight excluding hydrogens is 414 g/mol. The first-order valence-electron chi connectivity index (χ1n) is 12.2. The van der Waals surface area contributed by atoms with Gasteiger partial charge in [-0.2, -0.15) is 4.98 Å². The van der Waals surface area contributed by atoms with Crippen molar-refractivity contribution in [3.05, 3.63) is 47.5 Å². The summed E-state index contributed by atoms with van der Waals surface area (Å²) in [5, 5.41) is 6.92. The van der Waals surface area contributed by atoms with E-state index in [1.807, 2.05) is 57.2 Å². The summed E-state index contributed by atoms with van der Waals surface area (Å²) in [6.07, 6.45) is 5.32.